The van der Waals surface area contributed by atoms with Gasteiger partial charge in [-0.05, 0) is 46.6 Å². The van der Waals surface area contributed by atoms with Crippen molar-refractivity contribution in [3.63, 3.8) is 0 Å². The van der Waals surface area contributed by atoms with E-state index in [0.717, 1.165) is 16.1 Å². The van der Waals surface area contributed by atoms with Crippen molar-refractivity contribution in [3.05, 3.63) is 57.2 Å². The van der Waals surface area contributed by atoms with Gasteiger partial charge in [-0.25, -0.2) is 18.7 Å². The smallest absolute Gasteiger partial charge is 0.169 e. The van der Waals surface area contributed by atoms with E-state index in [2.05, 4.69) is 25.9 Å². The third kappa shape index (κ3) is 2.40. The van der Waals surface area contributed by atoms with Gasteiger partial charge in [-0.1, -0.05) is 23.7 Å². The molecule has 0 saturated carbocycles. The van der Waals surface area contributed by atoms with Crippen LogP contribution in [0.15, 0.2) is 34.8 Å². The lowest BCUT2D eigenvalue weighted by Crippen LogP contribution is -1.97. The summed E-state index contributed by atoms with van der Waals surface area (Å²) in [5.41, 5.74) is 1.46. The lowest BCUT2D eigenvalue weighted by molar-refractivity contribution is 0.510. The van der Waals surface area contributed by atoms with E-state index >= 15 is 0 Å². The Kier molecular flexibility index (Phi) is 3.63. The predicted octanol–water partition coefficient (Wildman–Crippen LogP) is 5.30. The Morgan fingerprint density at radius 2 is 1.86 bits per heavy atom. The maximum Gasteiger partial charge on any atom is 0.169 e. The van der Waals surface area contributed by atoms with Crippen LogP contribution in [0.4, 0.5) is 8.78 Å². The average molecular weight is 370 g/mol. The van der Waals surface area contributed by atoms with E-state index in [1.807, 2.05) is 19.1 Å². The van der Waals surface area contributed by atoms with Gasteiger partial charge < -0.3 is 0 Å². The number of benzene rings is 2. The number of fused-ring (bicyclic) bond motifs is 1. The molecule has 21 heavy (non-hydrogen) atoms. The maximum absolute atomic E-state index is 13.9. The topological polar surface area (TPSA) is 25.8 Å². The summed E-state index contributed by atoms with van der Waals surface area (Å²) in [5.74, 6) is -1.87. The van der Waals surface area contributed by atoms with E-state index in [1.54, 1.807) is 0 Å². The molecule has 6 heteroatoms. The molecule has 3 rings (SSSR count). The first-order valence-electron chi connectivity index (χ1n) is 6.06. The summed E-state index contributed by atoms with van der Waals surface area (Å²) >= 11 is 9.57. The van der Waals surface area contributed by atoms with Crippen molar-refractivity contribution in [2.24, 2.45) is 0 Å². The van der Waals surface area contributed by atoms with E-state index in [-0.39, 0.29) is 16.5 Å². The molecule has 0 atom stereocenters. The summed E-state index contributed by atoms with van der Waals surface area (Å²) in [6.07, 6.45) is 0. The van der Waals surface area contributed by atoms with Crippen molar-refractivity contribution in [1.29, 1.82) is 0 Å². The van der Waals surface area contributed by atoms with Gasteiger partial charge in [0.15, 0.2) is 17.5 Å². The number of nitrogens with zero attached hydrogens (tertiary/aromatic N) is 2. The van der Waals surface area contributed by atoms with Crippen LogP contribution in [0.25, 0.3) is 22.3 Å². The zero-order valence-corrected chi connectivity index (χ0v) is 13.1. The van der Waals surface area contributed by atoms with E-state index < -0.39 is 11.6 Å². The van der Waals surface area contributed by atoms with Crippen LogP contribution in [0.5, 0.6) is 0 Å². The van der Waals surface area contributed by atoms with Crippen LogP contribution >= 0.6 is 27.5 Å². The largest absolute Gasteiger partial charge is 0.227 e. The highest BCUT2D eigenvalue weighted by atomic mass is 79.9. The molecule has 0 N–H and O–H groups in total. The number of aryl methyl sites for hydroxylation is 1. The highest BCUT2D eigenvalue weighted by Gasteiger charge is 2.16. The van der Waals surface area contributed by atoms with Crippen LogP contribution in [0, 0.1) is 18.6 Å². The molecule has 0 amide bonds. The van der Waals surface area contributed by atoms with Gasteiger partial charge in [0.05, 0.1) is 16.5 Å². The minimum absolute atomic E-state index is 0.0156. The second kappa shape index (κ2) is 5.31. The van der Waals surface area contributed by atoms with Crippen LogP contribution in [0.1, 0.15) is 5.56 Å². The van der Waals surface area contributed by atoms with Gasteiger partial charge in [-0.15, -0.1) is 0 Å². The molecule has 0 fully saturated rings. The fourth-order valence-corrected chi connectivity index (χ4v) is 2.98. The summed E-state index contributed by atoms with van der Waals surface area (Å²) in [6.45, 7) is 1.86. The first-order valence-corrected chi connectivity index (χ1v) is 7.23. The summed E-state index contributed by atoms with van der Waals surface area (Å²) in [4.78, 5) is 8.43. The SMILES string of the molecule is Cc1ccc(Br)c2c(Cl)nc(-c3cccc(F)c3F)nc12. The molecule has 0 unspecified atom stereocenters. The fraction of sp³-hybridized carbons (Fsp3) is 0.0667. The first-order chi connectivity index (χ1) is 9.99. The Bertz CT molecular complexity index is 868. The van der Waals surface area contributed by atoms with Crippen LogP contribution in [0.3, 0.4) is 0 Å². The molecule has 0 aliphatic heterocycles. The van der Waals surface area contributed by atoms with Crippen molar-refractivity contribution in [2.45, 2.75) is 6.92 Å². The van der Waals surface area contributed by atoms with Gasteiger partial charge in [-0.2, -0.15) is 0 Å². The van der Waals surface area contributed by atoms with Gasteiger partial charge in [0.2, 0.25) is 0 Å². The quantitative estimate of drug-likeness (QED) is 0.544. The van der Waals surface area contributed by atoms with Gasteiger partial charge in [-0.3, -0.25) is 0 Å². The summed E-state index contributed by atoms with van der Waals surface area (Å²) in [6, 6.07) is 7.58. The number of halogens is 4. The molecular weight excluding hydrogens is 362 g/mol. The zero-order valence-electron chi connectivity index (χ0n) is 10.8. The minimum atomic E-state index is -0.986. The van der Waals surface area contributed by atoms with E-state index in [0.29, 0.717) is 10.9 Å². The molecule has 0 aliphatic carbocycles. The van der Waals surface area contributed by atoms with Gasteiger partial charge >= 0.3 is 0 Å². The Labute approximate surface area is 132 Å². The van der Waals surface area contributed by atoms with Gasteiger partial charge in [0, 0.05) is 4.47 Å². The standard InChI is InChI=1S/C15H8BrClF2N2/c1-7-5-6-9(16)11-13(7)20-15(21-14(11)17)8-3-2-4-10(18)12(8)19/h2-6H,1H3. The lowest BCUT2D eigenvalue weighted by Gasteiger charge is -2.09. The second-order valence-corrected chi connectivity index (χ2v) is 5.74. The third-order valence-corrected chi connectivity index (χ3v) is 4.08. The van der Waals surface area contributed by atoms with Crippen molar-refractivity contribution in [3.8, 4) is 11.4 Å². The zero-order chi connectivity index (χ0) is 15.1. The highest BCUT2D eigenvalue weighted by molar-refractivity contribution is 9.10. The van der Waals surface area contributed by atoms with Crippen molar-refractivity contribution in [2.75, 3.05) is 0 Å². The van der Waals surface area contributed by atoms with Crippen LogP contribution in [-0.4, -0.2) is 9.97 Å². The molecule has 106 valence electrons. The molecule has 2 nitrogen and oxygen atoms in total. The normalized spacial score (nSPS) is 11.1. The van der Waals surface area contributed by atoms with Gasteiger partial charge in [0.1, 0.15) is 5.15 Å². The fourth-order valence-electron chi connectivity index (χ4n) is 2.09. The Morgan fingerprint density at radius 3 is 2.62 bits per heavy atom. The van der Waals surface area contributed by atoms with E-state index in [1.165, 1.54) is 12.1 Å². The molecule has 3 aromatic rings. The minimum Gasteiger partial charge on any atom is -0.227 e. The average Bonchev–Trinajstić information content (AvgIpc) is 2.45. The molecule has 0 radical (unpaired) electrons. The number of aromatic nitrogens is 2. The summed E-state index contributed by atoms with van der Waals surface area (Å²) < 4.78 is 28.0. The van der Waals surface area contributed by atoms with Gasteiger partial charge in [0.25, 0.3) is 0 Å². The molecule has 0 saturated heterocycles. The van der Waals surface area contributed by atoms with Crippen molar-refractivity contribution < 1.29 is 8.78 Å². The number of hydrogen-bond acceptors (Lipinski definition) is 2. The van der Waals surface area contributed by atoms with Crippen LogP contribution in [-0.2, 0) is 0 Å². The van der Waals surface area contributed by atoms with Crippen LogP contribution in [0.2, 0.25) is 5.15 Å². The van der Waals surface area contributed by atoms with Crippen molar-refractivity contribution >= 4 is 38.4 Å². The van der Waals surface area contributed by atoms with E-state index in [4.69, 9.17) is 11.6 Å². The molecule has 0 bridgehead atoms. The predicted molar refractivity (Wildman–Crippen MR) is 82.3 cm³/mol. The summed E-state index contributed by atoms with van der Waals surface area (Å²) in [7, 11) is 0. The molecular formula is C15H8BrClF2N2. The second-order valence-electron chi connectivity index (χ2n) is 4.53. The maximum atomic E-state index is 13.9. The molecule has 1 heterocycles. The Balaban J connectivity index is 2.36. The highest BCUT2D eigenvalue weighted by Crippen LogP contribution is 2.33. The van der Waals surface area contributed by atoms with Crippen LogP contribution < -0.4 is 0 Å². The lowest BCUT2D eigenvalue weighted by atomic mass is 10.1. The number of rotatable bonds is 1. The molecule has 0 aliphatic rings. The molecule has 2 aromatic carbocycles. The third-order valence-electron chi connectivity index (χ3n) is 3.15. The van der Waals surface area contributed by atoms with Crippen molar-refractivity contribution in [1.82, 2.24) is 9.97 Å². The molecule has 1 aromatic heterocycles. The number of hydrogen-bond donors (Lipinski definition) is 0. The van der Waals surface area contributed by atoms with E-state index in [9.17, 15) is 8.78 Å². The Hall–Kier alpha value is -1.59. The summed E-state index contributed by atoms with van der Waals surface area (Å²) in [5, 5.41) is 0.839. The Morgan fingerprint density at radius 1 is 1.10 bits per heavy atom. The molecule has 0 spiro atoms. The first kappa shape index (κ1) is 14.4. The monoisotopic (exact) mass is 368 g/mol.